The van der Waals surface area contributed by atoms with Gasteiger partial charge in [0.05, 0.1) is 7.11 Å². The minimum absolute atomic E-state index is 0. The molecule has 1 aliphatic rings. The van der Waals surface area contributed by atoms with E-state index < -0.39 is 0 Å². The van der Waals surface area contributed by atoms with Crippen LogP contribution in [0, 0.1) is 6.92 Å². The fraction of sp³-hybridized carbons (Fsp3) is 0.333. The summed E-state index contributed by atoms with van der Waals surface area (Å²) in [4.78, 5) is 29.0. The van der Waals surface area contributed by atoms with Crippen LogP contribution in [0.25, 0.3) is 0 Å². The monoisotopic (exact) mass is 403 g/mol. The van der Waals surface area contributed by atoms with E-state index in [1.165, 1.54) is 0 Å². The highest BCUT2D eigenvalue weighted by Gasteiger charge is 2.25. The highest BCUT2D eigenvalue weighted by molar-refractivity contribution is 5.96. The van der Waals surface area contributed by atoms with Gasteiger partial charge in [0.1, 0.15) is 5.75 Å². The minimum atomic E-state index is -0.0345. The quantitative estimate of drug-likeness (QED) is 0.850. The predicted octanol–water partition coefficient (Wildman–Crippen LogP) is 2.48. The second-order valence-electron chi connectivity index (χ2n) is 6.67. The first-order valence-electron chi connectivity index (χ1n) is 9.05. The average Bonchev–Trinajstić information content (AvgIpc) is 2.73. The van der Waals surface area contributed by atoms with E-state index in [2.05, 4.69) is 0 Å². The number of benzene rings is 2. The van der Waals surface area contributed by atoms with Gasteiger partial charge in [-0.2, -0.15) is 0 Å². The van der Waals surface area contributed by atoms with Crippen LogP contribution in [-0.4, -0.2) is 54.9 Å². The molecule has 6 nitrogen and oxygen atoms in total. The maximum absolute atomic E-state index is 12.8. The van der Waals surface area contributed by atoms with E-state index in [4.69, 9.17) is 10.5 Å². The van der Waals surface area contributed by atoms with Gasteiger partial charge in [-0.05, 0) is 42.3 Å². The Morgan fingerprint density at radius 1 is 0.929 bits per heavy atom. The standard InChI is InChI=1S/C21H25N3O3.ClH/c1-15-3-6-18(13-19(15)27-2)21(26)24-11-9-23(10-12-24)20(25)17-7-4-16(14-22)5-8-17;/h3-8,13H,9-12,14,22H2,1-2H3;1H. The molecule has 2 aromatic carbocycles. The first-order valence-corrected chi connectivity index (χ1v) is 9.05. The number of amides is 2. The summed E-state index contributed by atoms with van der Waals surface area (Å²) in [6, 6.07) is 12.8. The number of hydrogen-bond acceptors (Lipinski definition) is 4. The van der Waals surface area contributed by atoms with E-state index in [1.54, 1.807) is 35.1 Å². The van der Waals surface area contributed by atoms with Gasteiger partial charge in [-0.15, -0.1) is 12.4 Å². The van der Waals surface area contributed by atoms with Crippen molar-refractivity contribution in [2.24, 2.45) is 5.73 Å². The molecule has 2 aromatic rings. The summed E-state index contributed by atoms with van der Waals surface area (Å²) in [5.41, 5.74) is 8.84. The van der Waals surface area contributed by atoms with Crippen molar-refractivity contribution in [3.05, 3.63) is 64.7 Å². The zero-order valence-corrected chi connectivity index (χ0v) is 17.0. The summed E-state index contributed by atoms with van der Waals surface area (Å²) in [5, 5.41) is 0. The molecule has 2 amide bonds. The second kappa shape index (κ2) is 9.57. The molecule has 0 bridgehead atoms. The van der Waals surface area contributed by atoms with Gasteiger partial charge in [-0.25, -0.2) is 0 Å². The molecule has 0 aliphatic carbocycles. The largest absolute Gasteiger partial charge is 0.496 e. The molecular weight excluding hydrogens is 378 g/mol. The van der Waals surface area contributed by atoms with Gasteiger partial charge in [0.15, 0.2) is 0 Å². The third kappa shape index (κ3) is 4.64. The van der Waals surface area contributed by atoms with Crippen LogP contribution in [0.1, 0.15) is 31.8 Å². The zero-order chi connectivity index (χ0) is 19.4. The number of ether oxygens (including phenoxy) is 1. The van der Waals surface area contributed by atoms with Crippen LogP contribution in [0.5, 0.6) is 5.75 Å². The molecular formula is C21H26ClN3O3. The fourth-order valence-corrected chi connectivity index (χ4v) is 3.21. The third-order valence-electron chi connectivity index (χ3n) is 4.95. The summed E-state index contributed by atoms with van der Waals surface area (Å²) in [6.45, 7) is 4.47. The molecule has 7 heteroatoms. The average molecular weight is 404 g/mol. The van der Waals surface area contributed by atoms with E-state index in [0.717, 1.165) is 11.1 Å². The first kappa shape index (κ1) is 21.7. The zero-order valence-electron chi connectivity index (χ0n) is 16.2. The van der Waals surface area contributed by atoms with Gasteiger partial charge < -0.3 is 20.3 Å². The van der Waals surface area contributed by atoms with E-state index in [9.17, 15) is 9.59 Å². The number of nitrogens with zero attached hydrogens (tertiary/aromatic N) is 2. The molecule has 0 saturated carbocycles. The molecule has 0 spiro atoms. The summed E-state index contributed by atoms with van der Waals surface area (Å²) in [5.74, 6) is 0.658. The number of carbonyl (C=O) groups is 2. The Bertz CT molecular complexity index is 831. The molecule has 0 atom stereocenters. The van der Waals surface area contributed by atoms with Crippen molar-refractivity contribution in [2.45, 2.75) is 13.5 Å². The van der Waals surface area contributed by atoms with E-state index >= 15 is 0 Å². The normalized spacial score (nSPS) is 13.7. The molecule has 0 radical (unpaired) electrons. The SMILES string of the molecule is COc1cc(C(=O)N2CCN(C(=O)c3ccc(CN)cc3)CC2)ccc1C.Cl. The van der Waals surface area contributed by atoms with Gasteiger partial charge in [-0.1, -0.05) is 18.2 Å². The fourth-order valence-electron chi connectivity index (χ4n) is 3.21. The molecule has 1 aliphatic heterocycles. The number of rotatable bonds is 4. The second-order valence-corrected chi connectivity index (χ2v) is 6.67. The van der Waals surface area contributed by atoms with Gasteiger partial charge >= 0.3 is 0 Å². The van der Waals surface area contributed by atoms with Crippen molar-refractivity contribution in [1.82, 2.24) is 9.80 Å². The number of hydrogen-bond donors (Lipinski definition) is 1. The third-order valence-corrected chi connectivity index (χ3v) is 4.95. The first-order chi connectivity index (χ1) is 13.0. The maximum Gasteiger partial charge on any atom is 0.254 e. The van der Waals surface area contributed by atoms with Crippen LogP contribution < -0.4 is 10.5 Å². The highest BCUT2D eigenvalue weighted by Crippen LogP contribution is 2.21. The van der Waals surface area contributed by atoms with Crippen molar-refractivity contribution < 1.29 is 14.3 Å². The summed E-state index contributed by atoms with van der Waals surface area (Å²) < 4.78 is 5.31. The molecule has 1 saturated heterocycles. The van der Waals surface area contributed by atoms with E-state index in [-0.39, 0.29) is 24.2 Å². The van der Waals surface area contributed by atoms with Crippen molar-refractivity contribution >= 4 is 24.2 Å². The Balaban J connectivity index is 0.00000280. The molecule has 0 aromatic heterocycles. The smallest absolute Gasteiger partial charge is 0.254 e. The number of halogens is 1. The van der Waals surface area contributed by atoms with Crippen LogP contribution in [0.15, 0.2) is 42.5 Å². The topological polar surface area (TPSA) is 75.9 Å². The summed E-state index contributed by atoms with van der Waals surface area (Å²) in [6.07, 6.45) is 0. The molecule has 1 fully saturated rings. The lowest BCUT2D eigenvalue weighted by Crippen LogP contribution is -2.50. The Kier molecular flexibility index (Phi) is 7.43. The number of nitrogens with two attached hydrogens (primary N) is 1. The molecule has 3 rings (SSSR count). The van der Waals surface area contributed by atoms with Crippen LogP contribution in [0.3, 0.4) is 0 Å². The predicted molar refractivity (Wildman–Crippen MR) is 111 cm³/mol. The lowest BCUT2D eigenvalue weighted by Gasteiger charge is -2.35. The van der Waals surface area contributed by atoms with Crippen LogP contribution in [-0.2, 0) is 6.54 Å². The lowest BCUT2D eigenvalue weighted by molar-refractivity contribution is 0.0535. The van der Waals surface area contributed by atoms with Crippen LogP contribution >= 0.6 is 12.4 Å². The molecule has 2 N–H and O–H groups in total. The Morgan fingerprint density at radius 2 is 1.43 bits per heavy atom. The molecule has 150 valence electrons. The van der Waals surface area contributed by atoms with E-state index in [0.29, 0.717) is 49.6 Å². The van der Waals surface area contributed by atoms with E-state index in [1.807, 2.05) is 31.2 Å². The van der Waals surface area contributed by atoms with Crippen molar-refractivity contribution in [1.29, 1.82) is 0 Å². The Labute approximate surface area is 171 Å². The molecule has 28 heavy (non-hydrogen) atoms. The number of methoxy groups -OCH3 is 1. The van der Waals surface area contributed by atoms with Gasteiger partial charge in [-0.3, -0.25) is 9.59 Å². The highest BCUT2D eigenvalue weighted by atomic mass is 35.5. The minimum Gasteiger partial charge on any atom is -0.496 e. The van der Waals surface area contributed by atoms with Gasteiger partial charge in [0, 0.05) is 43.9 Å². The number of aryl methyl sites for hydroxylation is 1. The van der Waals surface area contributed by atoms with Crippen molar-refractivity contribution in [3.8, 4) is 5.75 Å². The van der Waals surface area contributed by atoms with Crippen molar-refractivity contribution in [3.63, 3.8) is 0 Å². The Morgan fingerprint density at radius 3 is 1.93 bits per heavy atom. The number of piperazine rings is 1. The Hall–Kier alpha value is -2.57. The van der Waals surface area contributed by atoms with Crippen molar-refractivity contribution in [2.75, 3.05) is 33.3 Å². The molecule has 1 heterocycles. The molecule has 0 unspecified atom stereocenters. The maximum atomic E-state index is 12.8. The summed E-state index contributed by atoms with van der Waals surface area (Å²) in [7, 11) is 1.60. The lowest BCUT2D eigenvalue weighted by atomic mass is 10.1. The van der Waals surface area contributed by atoms with Crippen LogP contribution in [0.4, 0.5) is 0 Å². The van der Waals surface area contributed by atoms with Crippen LogP contribution in [0.2, 0.25) is 0 Å². The number of carbonyl (C=O) groups excluding carboxylic acids is 2. The summed E-state index contributed by atoms with van der Waals surface area (Å²) >= 11 is 0. The van der Waals surface area contributed by atoms with Gasteiger partial charge in [0.25, 0.3) is 11.8 Å². The van der Waals surface area contributed by atoms with Gasteiger partial charge in [0.2, 0.25) is 0 Å².